The van der Waals surface area contributed by atoms with E-state index in [1.807, 2.05) is 4.90 Å². The van der Waals surface area contributed by atoms with Gasteiger partial charge in [0.15, 0.2) is 0 Å². The molecule has 0 bridgehead atoms. The fourth-order valence-electron chi connectivity index (χ4n) is 4.59. The van der Waals surface area contributed by atoms with E-state index in [1.165, 1.54) is 48.5 Å². The van der Waals surface area contributed by atoms with Gasteiger partial charge in [-0.25, -0.2) is 8.42 Å². The SMILES string of the molecule is CCN(CC)S(=O)(=O)c1cc(C(=O)N2CCN(CC3CCCCC3)CC2)ccc1Cl. The molecule has 168 valence electrons. The average Bonchev–Trinajstić information content (AvgIpc) is 2.75. The Kier molecular flexibility index (Phi) is 8.18. The van der Waals surface area contributed by atoms with E-state index in [1.54, 1.807) is 19.9 Å². The van der Waals surface area contributed by atoms with Crippen molar-refractivity contribution in [2.75, 3.05) is 45.8 Å². The summed E-state index contributed by atoms with van der Waals surface area (Å²) in [4.78, 5) is 17.4. The van der Waals surface area contributed by atoms with Crippen LogP contribution in [0.1, 0.15) is 56.3 Å². The minimum absolute atomic E-state index is 0.00894. The van der Waals surface area contributed by atoms with Gasteiger partial charge in [-0.15, -0.1) is 0 Å². The molecule has 1 aromatic carbocycles. The van der Waals surface area contributed by atoms with E-state index in [-0.39, 0.29) is 15.8 Å². The van der Waals surface area contributed by atoms with Crippen molar-refractivity contribution in [1.29, 1.82) is 0 Å². The Bertz CT molecular complexity index is 828. The van der Waals surface area contributed by atoms with Crippen molar-refractivity contribution in [3.63, 3.8) is 0 Å². The van der Waals surface area contributed by atoms with Crippen LogP contribution in [-0.4, -0.2) is 74.2 Å². The Balaban J connectivity index is 1.66. The van der Waals surface area contributed by atoms with E-state index >= 15 is 0 Å². The zero-order valence-corrected chi connectivity index (χ0v) is 19.7. The minimum atomic E-state index is -3.72. The first-order valence-corrected chi connectivity index (χ1v) is 13.0. The number of amides is 1. The zero-order valence-electron chi connectivity index (χ0n) is 18.1. The molecule has 1 saturated heterocycles. The van der Waals surface area contributed by atoms with Crippen molar-refractivity contribution in [3.05, 3.63) is 28.8 Å². The van der Waals surface area contributed by atoms with Gasteiger partial charge in [-0.05, 0) is 37.0 Å². The Morgan fingerprint density at radius 2 is 1.70 bits per heavy atom. The maximum absolute atomic E-state index is 13.1. The van der Waals surface area contributed by atoms with Gasteiger partial charge in [0.2, 0.25) is 10.0 Å². The quantitative estimate of drug-likeness (QED) is 0.628. The van der Waals surface area contributed by atoms with Crippen molar-refractivity contribution in [2.45, 2.75) is 50.8 Å². The molecule has 1 heterocycles. The highest BCUT2D eigenvalue weighted by Gasteiger charge is 2.28. The average molecular weight is 456 g/mol. The molecule has 0 N–H and O–H groups in total. The van der Waals surface area contributed by atoms with Crippen LogP contribution in [0, 0.1) is 5.92 Å². The first-order valence-electron chi connectivity index (χ1n) is 11.2. The summed E-state index contributed by atoms with van der Waals surface area (Å²) in [6.45, 7) is 8.52. The lowest BCUT2D eigenvalue weighted by atomic mass is 9.89. The topological polar surface area (TPSA) is 60.9 Å². The van der Waals surface area contributed by atoms with Gasteiger partial charge in [0.05, 0.1) is 5.02 Å². The molecule has 1 aliphatic heterocycles. The number of benzene rings is 1. The molecular weight excluding hydrogens is 422 g/mol. The largest absolute Gasteiger partial charge is 0.336 e. The fourth-order valence-corrected chi connectivity index (χ4v) is 6.55. The molecule has 1 amide bonds. The summed E-state index contributed by atoms with van der Waals surface area (Å²) in [5.74, 6) is 0.671. The third-order valence-electron chi connectivity index (χ3n) is 6.40. The molecule has 8 heteroatoms. The number of halogens is 1. The van der Waals surface area contributed by atoms with E-state index in [0.717, 1.165) is 25.6 Å². The van der Waals surface area contributed by atoms with Crippen LogP contribution in [-0.2, 0) is 10.0 Å². The van der Waals surface area contributed by atoms with E-state index in [9.17, 15) is 13.2 Å². The van der Waals surface area contributed by atoms with Gasteiger partial charge in [-0.2, -0.15) is 4.31 Å². The smallest absolute Gasteiger partial charge is 0.253 e. The molecule has 30 heavy (non-hydrogen) atoms. The Morgan fingerprint density at radius 1 is 1.07 bits per heavy atom. The number of hydrogen-bond donors (Lipinski definition) is 0. The zero-order chi connectivity index (χ0) is 21.7. The van der Waals surface area contributed by atoms with Crippen molar-refractivity contribution in [2.24, 2.45) is 5.92 Å². The summed E-state index contributed by atoms with van der Waals surface area (Å²) < 4.78 is 27.2. The molecule has 0 radical (unpaired) electrons. The molecule has 3 rings (SSSR count). The number of rotatable bonds is 7. The number of sulfonamides is 1. The second-order valence-corrected chi connectivity index (χ2v) is 10.6. The van der Waals surface area contributed by atoms with Crippen molar-refractivity contribution in [3.8, 4) is 0 Å². The third kappa shape index (κ3) is 5.36. The van der Waals surface area contributed by atoms with Crippen LogP contribution in [0.5, 0.6) is 0 Å². The Morgan fingerprint density at radius 3 is 2.30 bits per heavy atom. The highest BCUT2D eigenvalue weighted by Crippen LogP contribution is 2.27. The van der Waals surface area contributed by atoms with Crippen LogP contribution >= 0.6 is 11.6 Å². The van der Waals surface area contributed by atoms with Crippen LogP contribution in [0.2, 0.25) is 5.02 Å². The Hall–Kier alpha value is -1.15. The fraction of sp³-hybridized carbons (Fsp3) is 0.682. The molecular formula is C22H34ClN3O3S. The summed E-state index contributed by atoms with van der Waals surface area (Å²) in [6.07, 6.45) is 6.71. The van der Waals surface area contributed by atoms with Gasteiger partial charge < -0.3 is 4.90 Å². The van der Waals surface area contributed by atoms with Crippen molar-refractivity contribution in [1.82, 2.24) is 14.1 Å². The number of carbonyl (C=O) groups is 1. The van der Waals surface area contributed by atoms with Crippen molar-refractivity contribution >= 4 is 27.5 Å². The van der Waals surface area contributed by atoms with Gasteiger partial charge in [0.1, 0.15) is 4.90 Å². The summed E-state index contributed by atoms with van der Waals surface area (Å²) in [5.41, 5.74) is 0.380. The Labute approximate surface area is 186 Å². The molecule has 2 aliphatic rings. The van der Waals surface area contributed by atoms with E-state index < -0.39 is 10.0 Å². The molecule has 0 aromatic heterocycles. The highest BCUT2D eigenvalue weighted by molar-refractivity contribution is 7.89. The minimum Gasteiger partial charge on any atom is -0.336 e. The van der Waals surface area contributed by atoms with Gasteiger partial charge >= 0.3 is 0 Å². The predicted molar refractivity (Wildman–Crippen MR) is 120 cm³/mol. The number of nitrogens with zero attached hydrogens (tertiary/aromatic N) is 3. The standard InChI is InChI=1S/C22H34ClN3O3S/c1-3-26(4-2)30(28,29)21-16-19(10-11-20(21)23)22(27)25-14-12-24(13-15-25)17-18-8-6-5-7-9-18/h10-11,16,18H,3-9,12-15,17H2,1-2H3. The lowest BCUT2D eigenvalue weighted by molar-refractivity contribution is 0.0606. The lowest BCUT2D eigenvalue weighted by Crippen LogP contribution is -2.49. The second kappa shape index (κ2) is 10.4. The predicted octanol–water partition coefficient (Wildman–Crippen LogP) is 3.71. The van der Waals surface area contributed by atoms with Crippen LogP contribution in [0.15, 0.2) is 23.1 Å². The maximum atomic E-state index is 13.1. The molecule has 1 saturated carbocycles. The molecule has 2 fully saturated rings. The van der Waals surface area contributed by atoms with Gasteiger partial charge in [-0.1, -0.05) is 44.7 Å². The number of hydrogen-bond acceptors (Lipinski definition) is 4. The number of piperazine rings is 1. The highest BCUT2D eigenvalue weighted by atomic mass is 35.5. The van der Waals surface area contributed by atoms with Gasteiger partial charge in [0, 0.05) is 51.4 Å². The molecule has 6 nitrogen and oxygen atoms in total. The van der Waals surface area contributed by atoms with E-state index in [2.05, 4.69) is 4.90 Å². The van der Waals surface area contributed by atoms with Crippen LogP contribution in [0.25, 0.3) is 0 Å². The molecule has 0 unspecified atom stereocenters. The van der Waals surface area contributed by atoms with Crippen LogP contribution in [0.4, 0.5) is 0 Å². The molecule has 1 aromatic rings. The first kappa shape index (κ1) is 23.5. The van der Waals surface area contributed by atoms with Crippen LogP contribution in [0.3, 0.4) is 0 Å². The van der Waals surface area contributed by atoms with Crippen LogP contribution < -0.4 is 0 Å². The van der Waals surface area contributed by atoms with E-state index in [0.29, 0.717) is 31.7 Å². The lowest BCUT2D eigenvalue weighted by Gasteiger charge is -2.37. The normalized spacial score (nSPS) is 19.4. The second-order valence-electron chi connectivity index (χ2n) is 8.33. The molecule has 0 atom stereocenters. The van der Waals surface area contributed by atoms with Gasteiger partial charge in [-0.3, -0.25) is 9.69 Å². The molecule has 0 spiro atoms. The van der Waals surface area contributed by atoms with Crippen molar-refractivity contribution < 1.29 is 13.2 Å². The van der Waals surface area contributed by atoms with E-state index in [4.69, 9.17) is 11.6 Å². The third-order valence-corrected chi connectivity index (χ3v) is 8.93. The summed E-state index contributed by atoms with van der Waals surface area (Å²) in [6, 6.07) is 4.58. The number of carbonyl (C=O) groups excluding carboxylic acids is 1. The first-order chi connectivity index (χ1) is 14.4. The monoisotopic (exact) mass is 455 g/mol. The maximum Gasteiger partial charge on any atom is 0.253 e. The molecule has 1 aliphatic carbocycles. The van der Waals surface area contributed by atoms with Gasteiger partial charge in [0.25, 0.3) is 5.91 Å². The summed E-state index contributed by atoms with van der Waals surface area (Å²) in [7, 11) is -3.72. The summed E-state index contributed by atoms with van der Waals surface area (Å²) in [5, 5.41) is 0.149. The summed E-state index contributed by atoms with van der Waals surface area (Å²) >= 11 is 6.20.